The molecule has 0 aromatic carbocycles. The summed E-state index contributed by atoms with van der Waals surface area (Å²) in [7, 11) is 2.01. The third kappa shape index (κ3) is 1.01. The zero-order valence-corrected chi connectivity index (χ0v) is 8.17. The molecule has 0 radical (unpaired) electrons. The second-order valence-electron chi connectivity index (χ2n) is 3.22. The van der Waals surface area contributed by atoms with Crippen molar-refractivity contribution < 1.29 is 0 Å². The van der Waals surface area contributed by atoms with Crippen molar-refractivity contribution >= 4 is 30.1 Å². The third-order valence-corrected chi connectivity index (χ3v) is 5.19. The highest BCUT2D eigenvalue weighted by Gasteiger charge is 2.48. The lowest BCUT2D eigenvalue weighted by atomic mass is 9.64. The molecular formula is C6H10INS. The predicted molar refractivity (Wildman–Crippen MR) is 49.9 cm³/mol. The summed E-state index contributed by atoms with van der Waals surface area (Å²) in [6.45, 7) is 2.58. The first kappa shape index (κ1) is 6.73. The fourth-order valence-electron chi connectivity index (χ4n) is 1.74. The summed E-state index contributed by atoms with van der Waals surface area (Å²) in [6, 6.07) is 0. The number of hydrogen-bond donors (Lipinski definition) is 1. The van der Waals surface area contributed by atoms with Crippen LogP contribution < -0.4 is 5.32 Å². The molecule has 1 nitrogen and oxygen atoms in total. The second-order valence-corrected chi connectivity index (χ2v) is 5.59. The van der Waals surface area contributed by atoms with Gasteiger partial charge in [0.25, 0.3) is 0 Å². The molecule has 0 aromatic rings. The van der Waals surface area contributed by atoms with E-state index in [1.165, 1.54) is 25.9 Å². The monoisotopic (exact) mass is 255 g/mol. The molecule has 0 amide bonds. The van der Waals surface area contributed by atoms with Gasteiger partial charge in [-0.15, -0.1) is 0 Å². The maximum absolute atomic E-state index is 3.34. The third-order valence-electron chi connectivity index (χ3n) is 2.45. The minimum Gasteiger partial charge on any atom is -0.316 e. The Morgan fingerprint density at radius 3 is 2.44 bits per heavy atom. The van der Waals surface area contributed by atoms with Crippen molar-refractivity contribution in [3.05, 3.63) is 0 Å². The Morgan fingerprint density at radius 2 is 2.11 bits per heavy atom. The summed E-state index contributed by atoms with van der Waals surface area (Å²) in [4.78, 5) is 0. The standard InChI is InChI=1S/C6H10INS/c7-9-5-1-6(2-5)3-8-4-6/h5,8H,1-4H2. The Hall–Kier alpha value is 1.04. The van der Waals surface area contributed by atoms with Crippen LogP contribution in [0.15, 0.2) is 0 Å². The van der Waals surface area contributed by atoms with Gasteiger partial charge in [0.15, 0.2) is 0 Å². The summed E-state index contributed by atoms with van der Waals surface area (Å²) >= 11 is 2.42. The highest BCUT2D eigenvalue weighted by atomic mass is 127. The lowest BCUT2D eigenvalue weighted by Crippen LogP contribution is -2.60. The first-order valence-electron chi connectivity index (χ1n) is 3.33. The Morgan fingerprint density at radius 1 is 1.44 bits per heavy atom. The predicted octanol–water partition coefficient (Wildman–Crippen LogP) is 1.82. The van der Waals surface area contributed by atoms with Crippen LogP contribution in [0.4, 0.5) is 0 Å². The largest absolute Gasteiger partial charge is 0.316 e. The maximum atomic E-state index is 3.34. The minimum absolute atomic E-state index is 0.781. The fourth-order valence-corrected chi connectivity index (χ4v) is 3.65. The molecule has 1 heterocycles. The average Bonchev–Trinajstić information content (AvgIpc) is 1.59. The van der Waals surface area contributed by atoms with Gasteiger partial charge in [0, 0.05) is 18.3 Å². The molecule has 0 aromatic heterocycles. The molecule has 1 aliphatic carbocycles. The van der Waals surface area contributed by atoms with E-state index in [-0.39, 0.29) is 0 Å². The van der Waals surface area contributed by atoms with Crippen molar-refractivity contribution in [2.45, 2.75) is 18.1 Å². The van der Waals surface area contributed by atoms with E-state index in [0.717, 1.165) is 10.7 Å². The lowest BCUT2D eigenvalue weighted by molar-refractivity contribution is 0.0681. The van der Waals surface area contributed by atoms with Crippen molar-refractivity contribution in [3.8, 4) is 0 Å². The first-order valence-corrected chi connectivity index (χ1v) is 6.75. The van der Waals surface area contributed by atoms with Crippen LogP contribution in [0.5, 0.6) is 0 Å². The van der Waals surface area contributed by atoms with Gasteiger partial charge in [0.1, 0.15) is 0 Å². The molecule has 1 saturated carbocycles. The van der Waals surface area contributed by atoms with Gasteiger partial charge >= 0.3 is 0 Å². The van der Waals surface area contributed by atoms with Crippen LogP contribution in [0.2, 0.25) is 0 Å². The van der Waals surface area contributed by atoms with Gasteiger partial charge in [0.05, 0.1) is 0 Å². The molecule has 9 heavy (non-hydrogen) atoms. The normalized spacial score (nSPS) is 31.7. The molecule has 1 saturated heterocycles. The second kappa shape index (κ2) is 2.27. The van der Waals surface area contributed by atoms with Crippen molar-refractivity contribution in [1.82, 2.24) is 5.32 Å². The van der Waals surface area contributed by atoms with Crippen LogP contribution in [0.3, 0.4) is 0 Å². The van der Waals surface area contributed by atoms with Crippen molar-refractivity contribution in [1.29, 1.82) is 0 Å². The maximum Gasteiger partial charge on any atom is 0.0160 e. The summed E-state index contributed by atoms with van der Waals surface area (Å²) in [5.41, 5.74) is 0.781. The summed E-state index contributed by atoms with van der Waals surface area (Å²) < 4.78 is 0. The molecule has 52 valence electrons. The molecule has 2 rings (SSSR count). The quantitative estimate of drug-likeness (QED) is 0.717. The van der Waals surface area contributed by atoms with Crippen LogP contribution in [0, 0.1) is 5.41 Å². The van der Waals surface area contributed by atoms with Crippen LogP contribution in [0.25, 0.3) is 0 Å². The highest BCUT2D eigenvalue weighted by molar-refractivity contribution is 14.2. The Balaban J connectivity index is 1.82. The van der Waals surface area contributed by atoms with Crippen LogP contribution >= 0.6 is 30.1 Å². The number of rotatable bonds is 1. The van der Waals surface area contributed by atoms with Crippen molar-refractivity contribution in [3.63, 3.8) is 0 Å². The van der Waals surface area contributed by atoms with E-state index in [1.54, 1.807) is 0 Å². The Bertz CT molecular complexity index is 116. The van der Waals surface area contributed by atoms with Crippen molar-refractivity contribution in [2.75, 3.05) is 13.1 Å². The Kier molecular flexibility index (Phi) is 1.70. The first-order chi connectivity index (χ1) is 4.35. The smallest absolute Gasteiger partial charge is 0.0160 e. The van der Waals surface area contributed by atoms with Crippen LogP contribution in [0.1, 0.15) is 12.8 Å². The average molecular weight is 255 g/mol. The molecular weight excluding hydrogens is 245 g/mol. The molecule has 1 aliphatic heterocycles. The van der Waals surface area contributed by atoms with E-state index >= 15 is 0 Å². The van der Waals surface area contributed by atoms with E-state index in [1.807, 2.05) is 8.93 Å². The summed E-state index contributed by atoms with van der Waals surface area (Å²) in [6.07, 6.45) is 2.93. The molecule has 2 fully saturated rings. The molecule has 1 N–H and O–H groups in total. The van der Waals surface area contributed by atoms with E-state index in [9.17, 15) is 0 Å². The summed E-state index contributed by atoms with van der Waals surface area (Å²) in [5, 5.41) is 4.32. The highest BCUT2D eigenvalue weighted by Crippen LogP contribution is 2.50. The van der Waals surface area contributed by atoms with Gasteiger partial charge < -0.3 is 5.32 Å². The molecule has 0 unspecified atom stereocenters. The van der Waals surface area contributed by atoms with Gasteiger partial charge in [-0.05, 0) is 39.5 Å². The number of hydrogen-bond acceptors (Lipinski definition) is 2. The molecule has 2 aliphatic rings. The van der Waals surface area contributed by atoms with Gasteiger partial charge in [-0.1, -0.05) is 8.93 Å². The zero-order chi connectivity index (χ0) is 6.32. The van der Waals surface area contributed by atoms with Gasteiger partial charge in [-0.3, -0.25) is 0 Å². The van der Waals surface area contributed by atoms with E-state index in [4.69, 9.17) is 0 Å². The SMILES string of the molecule is ISC1CC2(CNC2)C1. The van der Waals surface area contributed by atoms with Crippen LogP contribution in [-0.2, 0) is 0 Å². The molecule has 3 heteroatoms. The van der Waals surface area contributed by atoms with Gasteiger partial charge in [-0.25, -0.2) is 0 Å². The molecule has 0 bridgehead atoms. The topological polar surface area (TPSA) is 12.0 Å². The fraction of sp³-hybridized carbons (Fsp3) is 1.00. The van der Waals surface area contributed by atoms with E-state index in [2.05, 4.69) is 26.5 Å². The van der Waals surface area contributed by atoms with Crippen LogP contribution in [-0.4, -0.2) is 18.3 Å². The van der Waals surface area contributed by atoms with E-state index in [0.29, 0.717) is 0 Å². The molecule has 1 spiro atoms. The van der Waals surface area contributed by atoms with E-state index < -0.39 is 0 Å². The minimum atomic E-state index is 0.781. The number of nitrogens with one attached hydrogen (secondary N) is 1. The Labute approximate surface area is 71.9 Å². The van der Waals surface area contributed by atoms with Gasteiger partial charge in [0.2, 0.25) is 0 Å². The number of halogens is 1. The van der Waals surface area contributed by atoms with Gasteiger partial charge in [-0.2, -0.15) is 0 Å². The summed E-state index contributed by atoms with van der Waals surface area (Å²) in [5.74, 6) is 0. The zero-order valence-electron chi connectivity index (χ0n) is 5.19. The van der Waals surface area contributed by atoms with Crippen molar-refractivity contribution in [2.24, 2.45) is 5.41 Å². The molecule has 0 atom stereocenters. The lowest BCUT2D eigenvalue weighted by Gasteiger charge is -2.53.